The molecule has 5 rings (SSSR count). The summed E-state index contributed by atoms with van der Waals surface area (Å²) in [6, 6.07) is 19.1. The fourth-order valence-electron chi connectivity index (χ4n) is 4.00. The third kappa shape index (κ3) is 6.34. The number of aromatic nitrogens is 4. The molecule has 0 bridgehead atoms. The first kappa shape index (κ1) is 26.6. The Hall–Kier alpha value is -3.00. The summed E-state index contributed by atoms with van der Waals surface area (Å²) in [7, 11) is 4.05. The van der Waals surface area contributed by atoms with Crippen molar-refractivity contribution in [3.05, 3.63) is 71.4 Å². The van der Waals surface area contributed by atoms with Crippen molar-refractivity contribution < 1.29 is 9.53 Å². The molecule has 1 atom stereocenters. The summed E-state index contributed by atoms with van der Waals surface area (Å²) < 4.78 is 7.52. The number of amides is 1. The molecular weight excluding hydrogens is 613 g/mol. The lowest BCUT2D eigenvalue weighted by atomic mass is 10.1. The van der Waals surface area contributed by atoms with Gasteiger partial charge in [-0.3, -0.25) is 7.91 Å². The number of carbonyl (C=O) groups excluding carboxylic acids is 1. The summed E-state index contributed by atoms with van der Waals surface area (Å²) in [5.41, 5.74) is 2.61. The van der Waals surface area contributed by atoms with Crippen molar-refractivity contribution in [2.45, 2.75) is 12.3 Å². The minimum Gasteiger partial charge on any atom is -0.381 e. The van der Waals surface area contributed by atoms with Gasteiger partial charge in [0, 0.05) is 42.8 Å². The maximum Gasteiger partial charge on any atom is 0.274 e. The van der Waals surface area contributed by atoms with E-state index >= 15 is 0 Å². The van der Waals surface area contributed by atoms with Crippen LogP contribution in [0.25, 0.3) is 22.0 Å². The summed E-state index contributed by atoms with van der Waals surface area (Å²) in [6.45, 7) is 3.02. The summed E-state index contributed by atoms with van der Waals surface area (Å²) in [6.07, 6.45) is 0.954. The van der Waals surface area contributed by atoms with Crippen molar-refractivity contribution in [1.82, 2.24) is 25.1 Å². The van der Waals surface area contributed by atoms with Gasteiger partial charge in [-0.05, 0) is 32.6 Å². The Morgan fingerprint density at radius 3 is 2.63 bits per heavy atom. The second-order valence-corrected chi connectivity index (χ2v) is 11.4. The molecule has 4 aromatic rings. The maximum atomic E-state index is 13.6. The molecule has 2 aromatic heterocycles. The van der Waals surface area contributed by atoms with Crippen LogP contribution in [0.1, 0.15) is 27.8 Å². The second kappa shape index (κ2) is 12.2. The third-order valence-electron chi connectivity index (χ3n) is 6.09. The Labute approximate surface area is 239 Å². The average Bonchev–Trinajstić information content (AvgIpc) is 3.65. The van der Waals surface area contributed by atoms with Crippen LogP contribution in [0.5, 0.6) is 0 Å². The quantitative estimate of drug-likeness (QED) is 0.199. The number of anilines is 2. The SMILES string of the molecule is CN(C)CCN(I)c1cc(C(=O)Nc2ccccc2-c2nnc(C3CCOC3)s2)nc(-c2ccccc2)n1. The van der Waals surface area contributed by atoms with Crippen LogP contribution in [0.4, 0.5) is 11.5 Å². The molecular formula is C27H28IN7O2S. The van der Waals surface area contributed by atoms with Gasteiger partial charge in [0.15, 0.2) is 5.82 Å². The minimum atomic E-state index is -0.315. The van der Waals surface area contributed by atoms with E-state index in [2.05, 4.69) is 48.3 Å². The molecule has 2 aromatic carbocycles. The van der Waals surface area contributed by atoms with Crippen LogP contribution in [-0.4, -0.2) is 71.4 Å². The van der Waals surface area contributed by atoms with Crippen LogP contribution in [0.2, 0.25) is 0 Å². The molecule has 1 aliphatic heterocycles. The van der Waals surface area contributed by atoms with E-state index in [9.17, 15) is 4.79 Å². The molecule has 1 fully saturated rings. The molecule has 38 heavy (non-hydrogen) atoms. The number of carbonyl (C=O) groups is 1. The van der Waals surface area contributed by atoms with Crippen molar-refractivity contribution in [1.29, 1.82) is 0 Å². The van der Waals surface area contributed by atoms with Gasteiger partial charge < -0.3 is 15.0 Å². The lowest BCUT2D eigenvalue weighted by molar-refractivity contribution is 0.102. The fourth-order valence-corrected chi connectivity index (χ4v) is 5.46. The molecule has 0 spiro atoms. The Morgan fingerprint density at radius 2 is 1.87 bits per heavy atom. The molecule has 0 radical (unpaired) electrons. The average molecular weight is 642 g/mol. The molecule has 0 aliphatic carbocycles. The summed E-state index contributed by atoms with van der Waals surface area (Å²) in [5.74, 6) is 1.14. The normalized spacial score (nSPS) is 15.1. The lowest BCUT2D eigenvalue weighted by Gasteiger charge is -2.19. The van der Waals surface area contributed by atoms with Gasteiger partial charge in [-0.25, -0.2) is 9.97 Å². The van der Waals surface area contributed by atoms with Crippen molar-refractivity contribution >= 4 is 51.6 Å². The minimum absolute atomic E-state index is 0.280. The zero-order valence-electron chi connectivity index (χ0n) is 21.2. The predicted molar refractivity (Wildman–Crippen MR) is 159 cm³/mol. The third-order valence-corrected chi connectivity index (χ3v) is 8.19. The van der Waals surface area contributed by atoms with Gasteiger partial charge in [0.2, 0.25) is 0 Å². The van der Waals surface area contributed by atoms with Gasteiger partial charge >= 0.3 is 0 Å². The first-order valence-corrected chi connectivity index (χ1v) is 14.1. The van der Waals surface area contributed by atoms with Gasteiger partial charge in [-0.15, -0.1) is 10.2 Å². The first-order valence-electron chi connectivity index (χ1n) is 12.3. The molecule has 1 amide bonds. The molecule has 3 heterocycles. The molecule has 0 saturated carbocycles. The highest BCUT2D eigenvalue weighted by atomic mass is 127. The maximum absolute atomic E-state index is 13.6. The van der Waals surface area contributed by atoms with Crippen molar-refractivity contribution in [2.24, 2.45) is 0 Å². The topological polar surface area (TPSA) is 96.4 Å². The number of nitrogens with one attached hydrogen (secondary N) is 1. The van der Waals surface area contributed by atoms with E-state index in [0.29, 0.717) is 23.9 Å². The number of likely N-dealkylation sites (N-methyl/N-ethyl adjacent to an activating group) is 1. The van der Waals surface area contributed by atoms with E-state index in [1.165, 1.54) is 0 Å². The Bertz CT molecular complexity index is 1390. The number of para-hydroxylation sites is 1. The summed E-state index contributed by atoms with van der Waals surface area (Å²) >= 11 is 3.78. The molecule has 1 unspecified atom stereocenters. The highest BCUT2D eigenvalue weighted by molar-refractivity contribution is 14.1. The number of benzene rings is 2. The Morgan fingerprint density at radius 1 is 1.08 bits per heavy atom. The van der Waals surface area contributed by atoms with Crippen LogP contribution in [0.15, 0.2) is 60.7 Å². The standard InChI is InChI=1S/C27H28IN7O2S/c1-34(2)13-14-35(28)23-16-22(29-24(31-23)18-8-4-3-5-9-18)25(36)30-21-11-7-6-10-20(21)27-33-32-26(38-27)19-12-15-37-17-19/h3-11,16,19H,12-15,17H2,1-2H3,(H,30,36). The van der Waals surface area contributed by atoms with Crippen LogP contribution in [0, 0.1) is 0 Å². The monoisotopic (exact) mass is 641 g/mol. The van der Waals surface area contributed by atoms with Crippen LogP contribution < -0.4 is 8.43 Å². The first-order chi connectivity index (χ1) is 18.5. The molecule has 1 saturated heterocycles. The van der Waals surface area contributed by atoms with E-state index in [-0.39, 0.29) is 17.5 Å². The molecule has 1 aliphatic rings. The van der Waals surface area contributed by atoms with Crippen LogP contribution >= 0.6 is 34.2 Å². The van der Waals surface area contributed by atoms with Gasteiger partial charge in [0.25, 0.3) is 5.91 Å². The molecule has 9 nitrogen and oxygen atoms in total. The number of rotatable bonds is 9. The molecule has 196 valence electrons. The Kier molecular flexibility index (Phi) is 8.57. The number of halogens is 1. The fraction of sp³-hybridized carbons (Fsp3) is 0.296. The van der Waals surface area contributed by atoms with E-state index in [1.54, 1.807) is 17.4 Å². The molecule has 11 heteroatoms. The number of hydrogen-bond donors (Lipinski definition) is 1. The van der Waals surface area contributed by atoms with E-state index < -0.39 is 0 Å². The summed E-state index contributed by atoms with van der Waals surface area (Å²) in [4.78, 5) is 25.1. The van der Waals surface area contributed by atoms with Crippen molar-refractivity contribution in [2.75, 3.05) is 48.8 Å². The number of hydrogen-bond acceptors (Lipinski definition) is 9. The smallest absolute Gasteiger partial charge is 0.274 e. The summed E-state index contributed by atoms with van der Waals surface area (Å²) in [5, 5.41) is 13.6. The zero-order chi connectivity index (χ0) is 26.5. The van der Waals surface area contributed by atoms with Crippen LogP contribution in [0.3, 0.4) is 0 Å². The molecule has 1 N–H and O–H groups in total. The van der Waals surface area contributed by atoms with E-state index in [4.69, 9.17) is 9.72 Å². The predicted octanol–water partition coefficient (Wildman–Crippen LogP) is 5.14. The van der Waals surface area contributed by atoms with Gasteiger partial charge in [-0.2, -0.15) is 0 Å². The zero-order valence-corrected chi connectivity index (χ0v) is 24.1. The van der Waals surface area contributed by atoms with E-state index in [1.807, 2.05) is 71.8 Å². The highest BCUT2D eigenvalue weighted by Gasteiger charge is 2.23. The van der Waals surface area contributed by atoms with Crippen LogP contribution in [-0.2, 0) is 4.74 Å². The number of ether oxygens (including phenoxy) is 1. The van der Waals surface area contributed by atoms with Crippen molar-refractivity contribution in [3.8, 4) is 22.0 Å². The second-order valence-electron chi connectivity index (χ2n) is 9.20. The number of nitrogens with zero attached hydrogens (tertiary/aromatic N) is 6. The largest absolute Gasteiger partial charge is 0.381 e. The van der Waals surface area contributed by atoms with Gasteiger partial charge in [0.1, 0.15) is 21.5 Å². The lowest BCUT2D eigenvalue weighted by Crippen LogP contribution is -2.26. The van der Waals surface area contributed by atoms with Crippen molar-refractivity contribution in [3.63, 3.8) is 0 Å². The van der Waals surface area contributed by atoms with E-state index in [0.717, 1.165) is 47.3 Å². The highest BCUT2D eigenvalue weighted by Crippen LogP contribution is 2.35. The van der Waals surface area contributed by atoms with Gasteiger partial charge in [-0.1, -0.05) is 53.8 Å². The Balaban J connectivity index is 1.44. The van der Waals surface area contributed by atoms with Gasteiger partial charge in [0.05, 0.1) is 35.2 Å².